The Balaban J connectivity index is 1.50. The van der Waals surface area contributed by atoms with Gasteiger partial charge < -0.3 is 15.6 Å². The molecule has 26 heavy (non-hydrogen) atoms. The zero-order chi connectivity index (χ0) is 18.2. The van der Waals surface area contributed by atoms with Gasteiger partial charge in [0.05, 0.1) is 11.0 Å². The van der Waals surface area contributed by atoms with Crippen LogP contribution in [0.1, 0.15) is 18.3 Å². The number of hydrogen-bond donors (Lipinski definition) is 3. The van der Waals surface area contributed by atoms with Gasteiger partial charge in [-0.05, 0) is 43.2 Å². The number of hydrogen-bond acceptors (Lipinski definition) is 2. The van der Waals surface area contributed by atoms with Crippen LogP contribution >= 0.6 is 11.6 Å². The second kappa shape index (κ2) is 9.25. The first kappa shape index (κ1) is 18.3. The van der Waals surface area contributed by atoms with E-state index < -0.39 is 0 Å². The van der Waals surface area contributed by atoms with Crippen molar-refractivity contribution in [3.05, 3.63) is 64.9 Å². The molecule has 0 aliphatic heterocycles. The molecule has 0 aliphatic rings. The number of aliphatic imine (C=N–C) groups is 1. The number of fused-ring (bicyclic) bond motifs is 1. The van der Waals surface area contributed by atoms with Crippen LogP contribution in [0.5, 0.6) is 0 Å². The number of para-hydroxylation sites is 2. The van der Waals surface area contributed by atoms with Gasteiger partial charge >= 0.3 is 0 Å². The molecule has 0 saturated carbocycles. The van der Waals surface area contributed by atoms with Crippen LogP contribution in [0.3, 0.4) is 0 Å². The summed E-state index contributed by atoms with van der Waals surface area (Å²) in [5.41, 5.74) is 3.32. The summed E-state index contributed by atoms with van der Waals surface area (Å²) in [6.07, 6.45) is 1.70. The summed E-state index contributed by atoms with van der Waals surface area (Å²) in [6, 6.07) is 16.0. The monoisotopic (exact) mass is 369 g/mol. The molecule has 0 saturated heterocycles. The van der Waals surface area contributed by atoms with Crippen molar-refractivity contribution in [2.45, 2.75) is 19.8 Å². The van der Waals surface area contributed by atoms with E-state index >= 15 is 0 Å². The Hall–Kier alpha value is -2.53. The Morgan fingerprint density at radius 1 is 1.08 bits per heavy atom. The normalized spacial score (nSPS) is 11.7. The number of imidazole rings is 1. The van der Waals surface area contributed by atoms with Gasteiger partial charge in [-0.2, -0.15) is 0 Å². The van der Waals surface area contributed by atoms with E-state index in [-0.39, 0.29) is 0 Å². The van der Waals surface area contributed by atoms with Crippen LogP contribution in [0.15, 0.2) is 53.5 Å². The Labute approximate surface area is 158 Å². The van der Waals surface area contributed by atoms with E-state index in [0.29, 0.717) is 6.54 Å². The van der Waals surface area contributed by atoms with Gasteiger partial charge in [0.15, 0.2) is 5.96 Å². The summed E-state index contributed by atoms with van der Waals surface area (Å²) < 4.78 is 0. The van der Waals surface area contributed by atoms with Crippen molar-refractivity contribution in [3.63, 3.8) is 0 Å². The number of aromatic nitrogens is 2. The lowest BCUT2D eigenvalue weighted by Crippen LogP contribution is -2.38. The SMILES string of the molecule is CCNC(=NCCc1nc2ccccc2[nH]1)NCCc1ccc(Cl)cc1. The van der Waals surface area contributed by atoms with E-state index in [1.54, 1.807) is 0 Å². The molecule has 0 atom stereocenters. The maximum absolute atomic E-state index is 5.92. The van der Waals surface area contributed by atoms with Crippen molar-refractivity contribution < 1.29 is 0 Å². The van der Waals surface area contributed by atoms with Gasteiger partial charge in [0.25, 0.3) is 0 Å². The molecule has 0 radical (unpaired) electrons. The molecular weight excluding hydrogens is 346 g/mol. The van der Waals surface area contributed by atoms with Crippen LogP contribution in [-0.4, -0.2) is 35.6 Å². The molecule has 5 nitrogen and oxygen atoms in total. The molecule has 0 fully saturated rings. The Bertz CT molecular complexity index is 821. The summed E-state index contributed by atoms with van der Waals surface area (Å²) in [4.78, 5) is 12.6. The number of rotatable bonds is 7. The zero-order valence-corrected chi connectivity index (χ0v) is 15.7. The van der Waals surface area contributed by atoms with Crippen molar-refractivity contribution in [3.8, 4) is 0 Å². The van der Waals surface area contributed by atoms with Crippen LogP contribution in [0, 0.1) is 0 Å². The van der Waals surface area contributed by atoms with Gasteiger partial charge in [-0.1, -0.05) is 35.9 Å². The topological polar surface area (TPSA) is 65.1 Å². The third-order valence-corrected chi connectivity index (χ3v) is 4.27. The number of aromatic amines is 1. The van der Waals surface area contributed by atoms with Gasteiger partial charge in [-0.15, -0.1) is 0 Å². The number of H-pyrrole nitrogens is 1. The quantitative estimate of drug-likeness (QED) is 0.440. The van der Waals surface area contributed by atoms with Gasteiger partial charge in [0.1, 0.15) is 5.82 Å². The maximum Gasteiger partial charge on any atom is 0.191 e. The number of nitrogens with one attached hydrogen (secondary N) is 3. The van der Waals surface area contributed by atoms with Crippen molar-refractivity contribution >= 4 is 28.6 Å². The molecule has 2 aromatic carbocycles. The molecule has 0 amide bonds. The standard InChI is InChI=1S/C20H24ClN5/c1-2-22-20(23-13-11-15-7-9-16(21)10-8-15)24-14-12-19-25-17-5-3-4-6-18(17)26-19/h3-10H,2,11-14H2,1H3,(H,25,26)(H2,22,23,24). The van der Waals surface area contributed by atoms with Gasteiger partial charge in [-0.3, -0.25) is 4.99 Å². The molecule has 0 spiro atoms. The predicted octanol–water partition coefficient (Wildman–Crippen LogP) is 3.56. The van der Waals surface area contributed by atoms with Crippen LogP contribution in [-0.2, 0) is 12.8 Å². The third-order valence-electron chi connectivity index (χ3n) is 4.02. The fraction of sp³-hybridized carbons (Fsp3) is 0.300. The minimum Gasteiger partial charge on any atom is -0.357 e. The second-order valence-electron chi connectivity index (χ2n) is 6.01. The average molecular weight is 370 g/mol. The van der Waals surface area contributed by atoms with Crippen LogP contribution < -0.4 is 10.6 Å². The minimum atomic E-state index is 0.677. The minimum absolute atomic E-state index is 0.677. The average Bonchev–Trinajstić information content (AvgIpc) is 3.06. The zero-order valence-electron chi connectivity index (χ0n) is 14.9. The van der Waals surface area contributed by atoms with E-state index in [1.165, 1.54) is 5.56 Å². The first-order valence-electron chi connectivity index (χ1n) is 8.95. The fourth-order valence-electron chi connectivity index (χ4n) is 2.72. The first-order chi connectivity index (χ1) is 12.7. The first-order valence-corrected chi connectivity index (χ1v) is 9.32. The summed E-state index contributed by atoms with van der Waals surface area (Å²) in [5, 5.41) is 7.42. The Morgan fingerprint density at radius 3 is 2.65 bits per heavy atom. The van der Waals surface area contributed by atoms with E-state index in [0.717, 1.165) is 53.8 Å². The van der Waals surface area contributed by atoms with Crippen LogP contribution in [0.4, 0.5) is 0 Å². The van der Waals surface area contributed by atoms with E-state index in [1.807, 2.05) is 36.4 Å². The van der Waals surface area contributed by atoms with E-state index in [4.69, 9.17) is 11.6 Å². The van der Waals surface area contributed by atoms with Crippen LogP contribution in [0.25, 0.3) is 11.0 Å². The third kappa shape index (κ3) is 5.23. The van der Waals surface area contributed by atoms with Crippen molar-refractivity contribution in [1.29, 1.82) is 0 Å². The van der Waals surface area contributed by atoms with Crippen molar-refractivity contribution in [1.82, 2.24) is 20.6 Å². The Kier molecular flexibility index (Phi) is 6.50. The fourth-order valence-corrected chi connectivity index (χ4v) is 2.84. The highest BCUT2D eigenvalue weighted by atomic mass is 35.5. The van der Waals surface area contributed by atoms with Gasteiger partial charge in [-0.25, -0.2) is 4.98 Å². The molecule has 0 unspecified atom stereocenters. The van der Waals surface area contributed by atoms with Crippen molar-refractivity contribution in [2.75, 3.05) is 19.6 Å². The molecule has 0 aliphatic carbocycles. The number of guanidine groups is 1. The van der Waals surface area contributed by atoms with Gasteiger partial charge in [0.2, 0.25) is 0 Å². The highest BCUT2D eigenvalue weighted by Gasteiger charge is 2.02. The molecule has 6 heteroatoms. The molecule has 3 aromatic rings. The van der Waals surface area contributed by atoms with E-state index in [9.17, 15) is 0 Å². The predicted molar refractivity (Wildman–Crippen MR) is 109 cm³/mol. The highest BCUT2D eigenvalue weighted by molar-refractivity contribution is 6.30. The summed E-state index contributed by atoms with van der Waals surface area (Å²) >= 11 is 5.92. The molecule has 3 N–H and O–H groups in total. The van der Waals surface area contributed by atoms with Crippen molar-refractivity contribution in [2.24, 2.45) is 4.99 Å². The highest BCUT2D eigenvalue weighted by Crippen LogP contribution is 2.11. The lowest BCUT2D eigenvalue weighted by molar-refractivity contribution is 0.792. The van der Waals surface area contributed by atoms with Crippen LogP contribution in [0.2, 0.25) is 5.02 Å². The molecule has 3 rings (SSSR count). The smallest absolute Gasteiger partial charge is 0.191 e. The number of halogens is 1. The molecular formula is C20H24ClN5. The number of nitrogens with zero attached hydrogens (tertiary/aromatic N) is 2. The molecule has 136 valence electrons. The van der Waals surface area contributed by atoms with E-state index in [2.05, 4.69) is 44.7 Å². The lowest BCUT2D eigenvalue weighted by atomic mass is 10.1. The Morgan fingerprint density at radius 2 is 1.88 bits per heavy atom. The molecule has 0 bridgehead atoms. The molecule has 1 aromatic heterocycles. The molecule has 1 heterocycles. The lowest BCUT2D eigenvalue weighted by Gasteiger charge is -2.11. The van der Waals surface area contributed by atoms with Gasteiger partial charge in [0, 0.05) is 31.1 Å². The largest absolute Gasteiger partial charge is 0.357 e. The number of benzene rings is 2. The second-order valence-corrected chi connectivity index (χ2v) is 6.45. The summed E-state index contributed by atoms with van der Waals surface area (Å²) in [6.45, 7) is 4.39. The summed E-state index contributed by atoms with van der Waals surface area (Å²) in [5.74, 6) is 1.80. The maximum atomic E-state index is 5.92. The summed E-state index contributed by atoms with van der Waals surface area (Å²) in [7, 11) is 0.